The highest BCUT2D eigenvalue weighted by molar-refractivity contribution is 7.99. The number of hydrogen-bond donors (Lipinski definition) is 1. The maximum absolute atomic E-state index is 13.4. The van der Waals surface area contributed by atoms with Crippen molar-refractivity contribution in [2.75, 3.05) is 18.2 Å². The van der Waals surface area contributed by atoms with Crippen molar-refractivity contribution in [2.45, 2.75) is 11.7 Å². The zero-order valence-corrected chi connectivity index (χ0v) is 20.1. The first kappa shape index (κ1) is 23.1. The van der Waals surface area contributed by atoms with Crippen LogP contribution >= 0.6 is 34.7 Å². The molecular formula is C24H20ClN3O3S2. The summed E-state index contributed by atoms with van der Waals surface area (Å²) in [5.41, 5.74) is 1.98. The quantitative estimate of drug-likeness (QED) is 0.192. The summed E-state index contributed by atoms with van der Waals surface area (Å²) in [6.07, 6.45) is 1.64. The number of methoxy groups -OCH3 is 1. The molecule has 0 aliphatic heterocycles. The summed E-state index contributed by atoms with van der Waals surface area (Å²) in [5, 5.41) is 6.27. The Labute approximate surface area is 203 Å². The zero-order valence-electron chi connectivity index (χ0n) is 17.7. The highest BCUT2D eigenvalue weighted by Crippen LogP contribution is 2.35. The van der Waals surface area contributed by atoms with Gasteiger partial charge in [-0.05, 0) is 18.2 Å². The molecule has 0 spiro atoms. The van der Waals surface area contributed by atoms with E-state index in [9.17, 15) is 9.59 Å². The van der Waals surface area contributed by atoms with Gasteiger partial charge in [-0.3, -0.25) is 14.2 Å². The summed E-state index contributed by atoms with van der Waals surface area (Å²) >= 11 is 8.95. The summed E-state index contributed by atoms with van der Waals surface area (Å²) in [6, 6.07) is 14.5. The third kappa shape index (κ3) is 4.98. The number of rotatable bonds is 8. The number of carbonyl (C=O) groups is 1. The van der Waals surface area contributed by atoms with Crippen LogP contribution < -0.4 is 15.6 Å². The minimum absolute atomic E-state index is 0.0923. The molecule has 33 heavy (non-hydrogen) atoms. The number of nitrogens with one attached hydrogen (secondary N) is 1. The predicted octanol–water partition coefficient (Wildman–Crippen LogP) is 5.70. The summed E-state index contributed by atoms with van der Waals surface area (Å²) in [4.78, 5) is 31.2. The first-order chi connectivity index (χ1) is 16.0. The molecule has 0 unspecified atom stereocenters. The van der Waals surface area contributed by atoms with Crippen LogP contribution in [0.4, 0.5) is 5.69 Å². The smallest absolute Gasteiger partial charge is 0.263 e. The average molecular weight is 498 g/mol. The van der Waals surface area contributed by atoms with E-state index >= 15 is 0 Å². The van der Waals surface area contributed by atoms with E-state index in [1.807, 2.05) is 23.6 Å². The van der Waals surface area contributed by atoms with Gasteiger partial charge in [0.2, 0.25) is 5.91 Å². The molecule has 2 heterocycles. The molecule has 0 saturated heterocycles. The number of thiophene rings is 1. The van der Waals surface area contributed by atoms with Crippen LogP contribution in [0.1, 0.15) is 0 Å². The molecule has 1 amide bonds. The number of thioether (sulfide) groups is 1. The maximum atomic E-state index is 13.4. The van der Waals surface area contributed by atoms with Gasteiger partial charge in [-0.2, -0.15) is 0 Å². The third-order valence-electron chi connectivity index (χ3n) is 4.82. The number of hydrogen-bond acceptors (Lipinski definition) is 6. The average Bonchev–Trinajstić information content (AvgIpc) is 3.24. The van der Waals surface area contributed by atoms with Crippen LogP contribution in [0, 0.1) is 0 Å². The lowest BCUT2D eigenvalue weighted by molar-refractivity contribution is -0.113. The summed E-state index contributed by atoms with van der Waals surface area (Å²) in [6.45, 7) is 4.04. The fraction of sp³-hybridized carbons (Fsp3) is 0.125. The standard InChI is InChI=1S/C24H20ClN3O3S2/c1-3-11-28-23(30)21-18(17-9-4-5-10-19(17)25)13-32-22(21)27-24(28)33-14-20(29)26-15-7-6-8-16(12-15)31-2/h3-10,12-13H,1,11,14H2,2H3,(H,26,29). The Kier molecular flexibility index (Phi) is 7.17. The number of allylic oxidation sites excluding steroid dienone is 1. The molecule has 4 aromatic rings. The Morgan fingerprint density at radius 3 is 2.85 bits per heavy atom. The van der Waals surface area contributed by atoms with Crippen LogP contribution in [0.15, 0.2) is 76.5 Å². The van der Waals surface area contributed by atoms with E-state index in [2.05, 4.69) is 11.9 Å². The molecule has 2 aromatic carbocycles. The van der Waals surface area contributed by atoms with Gasteiger partial charge in [0.1, 0.15) is 10.6 Å². The fourth-order valence-electron chi connectivity index (χ4n) is 3.31. The molecule has 0 radical (unpaired) electrons. The first-order valence-electron chi connectivity index (χ1n) is 9.96. The van der Waals surface area contributed by atoms with Crippen LogP contribution in [-0.4, -0.2) is 28.3 Å². The van der Waals surface area contributed by atoms with Gasteiger partial charge in [-0.25, -0.2) is 4.98 Å². The van der Waals surface area contributed by atoms with E-state index in [0.717, 1.165) is 11.1 Å². The normalized spacial score (nSPS) is 10.8. The second kappa shape index (κ2) is 10.2. The molecule has 0 atom stereocenters. The number of anilines is 1. The minimum Gasteiger partial charge on any atom is -0.497 e. The van der Waals surface area contributed by atoms with E-state index in [-0.39, 0.29) is 23.8 Å². The molecule has 168 valence electrons. The topological polar surface area (TPSA) is 73.2 Å². The van der Waals surface area contributed by atoms with Crippen molar-refractivity contribution in [3.63, 3.8) is 0 Å². The number of amides is 1. The molecule has 0 aliphatic rings. The molecule has 0 fully saturated rings. The Morgan fingerprint density at radius 2 is 2.09 bits per heavy atom. The van der Waals surface area contributed by atoms with Crippen molar-refractivity contribution in [2.24, 2.45) is 0 Å². The third-order valence-corrected chi connectivity index (χ3v) is 7.00. The van der Waals surface area contributed by atoms with Crippen LogP contribution in [0.3, 0.4) is 0 Å². The van der Waals surface area contributed by atoms with Crippen molar-refractivity contribution in [3.05, 3.63) is 81.9 Å². The predicted molar refractivity (Wildman–Crippen MR) is 137 cm³/mol. The molecule has 2 aromatic heterocycles. The van der Waals surface area contributed by atoms with Gasteiger partial charge in [0.05, 0.1) is 18.2 Å². The Balaban J connectivity index is 1.63. The van der Waals surface area contributed by atoms with Crippen LogP contribution in [0.25, 0.3) is 21.3 Å². The molecule has 0 aliphatic carbocycles. The lowest BCUT2D eigenvalue weighted by Crippen LogP contribution is -2.23. The second-order valence-corrected chi connectivity index (χ2v) is 9.18. The number of aromatic nitrogens is 2. The Hall–Kier alpha value is -3.07. The molecule has 6 nitrogen and oxygen atoms in total. The van der Waals surface area contributed by atoms with Crippen molar-refractivity contribution < 1.29 is 9.53 Å². The lowest BCUT2D eigenvalue weighted by Gasteiger charge is -2.11. The first-order valence-corrected chi connectivity index (χ1v) is 12.2. The fourth-order valence-corrected chi connectivity index (χ4v) is 5.34. The highest BCUT2D eigenvalue weighted by atomic mass is 35.5. The lowest BCUT2D eigenvalue weighted by atomic mass is 10.1. The van der Waals surface area contributed by atoms with Crippen molar-refractivity contribution >= 4 is 56.5 Å². The number of carbonyl (C=O) groups excluding carboxylic acids is 1. The largest absolute Gasteiger partial charge is 0.497 e. The van der Waals surface area contributed by atoms with Crippen LogP contribution in [-0.2, 0) is 11.3 Å². The molecule has 0 bridgehead atoms. The number of ether oxygens (including phenoxy) is 1. The van der Waals surface area contributed by atoms with E-state index < -0.39 is 0 Å². The maximum Gasteiger partial charge on any atom is 0.263 e. The summed E-state index contributed by atoms with van der Waals surface area (Å²) in [7, 11) is 1.57. The number of nitrogens with zero attached hydrogens (tertiary/aromatic N) is 2. The monoisotopic (exact) mass is 497 g/mol. The second-order valence-electron chi connectivity index (χ2n) is 6.98. The Bertz CT molecular complexity index is 1400. The van der Waals surface area contributed by atoms with Gasteiger partial charge in [0.25, 0.3) is 5.56 Å². The van der Waals surface area contributed by atoms with Crippen LogP contribution in [0.2, 0.25) is 5.02 Å². The summed E-state index contributed by atoms with van der Waals surface area (Å²) < 4.78 is 6.72. The van der Waals surface area contributed by atoms with Crippen LogP contribution in [0.5, 0.6) is 5.75 Å². The Morgan fingerprint density at radius 1 is 1.27 bits per heavy atom. The SMILES string of the molecule is C=CCn1c(SCC(=O)Nc2cccc(OC)c2)nc2scc(-c3ccccc3Cl)c2c1=O. The van der Waals surface area contributed by atoms with Gasteiger partial charge < -0.3 is 10.1 Å². The molecule has 0 saturated carbocycles. The highest BCUT2D eigenvalue weighted by Gasteiger charge is 2.19. The molecular weight excluding hydrogens is 478 g/mol. The number of fused-ring (bicyclic) bond motifs is 1. The van der Waals surface area contributed by atoms with Crippen molar-refractivity contribution in [3.8, 4) is 16.9 Å². The van der Waals surface area contributed by atoms with Crippen molar-refractivity contribution in [1.29, 1.82) is 0 Å². The molecule has 1 N–H and O–H groups in total. The van der Waals surface area contributed by atoms with E-state index in [1.54, 1.807) is 43.5 Å². The zero-order chi connectivity index (χ0) is 23.4. The minimum atomic E-state index is -0.212. The number of benzene rings is 2. The van der Waals surface area contributed by atoms with E-state index in [0.29, 0.717) is 31.8 Å². The molecule has 9 heteroatoms. The van der Waals surface area contributed by atoms with Gasteiger partial charge >= 0.3 is 0 Å². The van der Waals surface area contributed by atoms with Gasteiger partial charge in [-0.1, -0.05) is 53.7 Å². The summed E-state index contributed by atoms with van der Waals surface area (Å²) in [5.74, 6) is 0.532. The van der Waals surface area contributed by atoms with Gasteiger partial charge in [-0.15, -0.1) is 17.9 Å². The van der Waals surface area contributed by atoms with E-state index in [4.69, 9.17) is 21.3 Å². The van der Waals surface area contributed by atoms with Crippen molar-refractivity contribution in [1.82, 2.24) is 9.55 Å². The molecule has 4 rings (SSSR count). The van der Waals surface area contributed by atoms with Gasteiger partial charge in [0, 0.05) is 39.8 Å². The van der Waals surface area contributed by atoms with Gasteiger partial charge in [0.15, 0.2) is 5.16 Å². The van der Waals surface area contributed by atoms with E-state index in [1.165, 1.54) is 27.7 Å². The number of halogens is 1.